The molecule has 0 nitrogen and oxygen atoms in total. The van der Waals surface area contributed by atoms with Crippen LogP contribution in [0.5, 0.6) is 0 Å². The van der Waals surface area contributed by atoms with Crippen molar-refractivity contribution in [2.45, 2.75) is 14.2 Å². The van der Waals surface area contributed by atoms with Gasteiger partial charge in [-0.2, -0.15) is 0 Å². The second-order valence-electron chi connectivity index (χ2n) is 14.0. The average Bonchev–Trinajstić information content (AvgIpc) is 3.72. The number of rotatable bonds is 5. The van der Waals surface area contributed by atoms with E-state index in [2.05, 4.69) is 195 Å². The van der Waals surface area contributed by atoms with Gasteiger partial charge >= 0.3 is 310 Å². The number of benzene rings is 8. The summed E-state index contributed by atoms with van der Waals surface area (Å²) in [6.45, 7) is 2.39. The third-order valence-corrected chi connectivity index (χ3v) is 31.5. The molecule has 51 heavy (non-hydrogen) atoms. The zero-order valence-electron chi connectivity index (χ0n) is 28.6. The average molecular weight is 744 g/mol. The second kappa shape index (κ2) is 12.7. The van der Waals surface area contributed by atoms with Crippen LogP contribution >= 0.6 is 0 Å². The minimum atomic E-state index is -2.73. The summed E-state index contributed by atoms with van der Waals surface area (Å²) < 4.78 is 0.895. The molecule has 0 aromatic heterocycles. The van der Waals surface area contributed by atoms with Gasteiger partial charge in [0.25, 0.3) is 0 Å². The van der Waals surface area contributed by atoms with E-state index >= 15 is 0 Å². The van der Waals surface area contributed by atoms with Gasteiger partial charge in [0.2, 0.25) is 0 Å². The van der Waals surface area contributed by atoms with Gasteiger partial charge < -0.3 is 0 Å². The van der Waals surface area contributed by atoms with E-state index < -0.39 is 25.8 Å². The first-order valence-corrected chi connectivity index (χ1v) is 26.0. The maximum absolute atomic E-state index is 2.73. The molecule has 240 valence electrons. The predicted molar refractivity (Wildman–Crippen MR) is 215 cm³/mol. The Morgan fingerprint density at radius 1 is 0.431 bits per heavy atom. The second-order valence-corrected chi connectivity index (χ2v) is 28.2. The summed E-state index contributed by atoms with van der Waals surface area (Å²) in [4.78, 5) is 0. The Labute approximate surface area is 308 Å². The summed E-state index contributed by atoms with van der Waals surface area (Å²) in [5, 5.41) is 8.39. The van der Waals surface area contributed by atoms with Gasteiger partial charge in [-0.25, -0.2) is 0 Å². The van der Waals surface area contributed by atoms with Crippen molar-refractivity contribution in [1.29, 1.82) is 0 Å². The number of hydrogen-bond donors (Lipinski definition) is 0. The van der Waals surface area contributed by atoms with Gasteiger partial charge in [0, 0.05) is 0 Å². The van der Waals surface area contributed by atoms with Crippen molar-refractivity contribution in [2.75, 3.05) is 0 Å². The van der Waals surface area contributed by atoms with E-state index in [0.717, 1.165) is 0 Å². The number of allylic oxidation sites excluding steroid dienone is 2. The van der Waals surface area contributed by atoms with E-state index in [0.29, 0.717) is 7.25 Å². The summed E-state index contributed by atoms with van der Waals surface area (Å²) in [5.41, 5.74) is 12.0. The Hall–Kier alpha value is -4.88. The first-order chi connectivity index (χ1) is 25.3. The van der Waals surface area contributed by atoms with Crippen LogP contribution in [0.1, 0.15) is 36.4 Å². The van der Waals surface area contributed by atoms with Crippen molar-refractivity contribution in [3.63, 3.8) is 0 Å². The van der Waals surface area contributed by atoms with Gasteiger partial charge in [0.1, 0.15) is 0 Å². The van der Waals surface area contributed by atoms with Crippen molar-refractivity contribution in [3.05, 3.63) is 210 Å². The van der Waals surface area contributed by atoms with Crippen LogP contribution in [-0.4, -0.2) is 5.43 Å². The minimum absolute atomic E-state index is 0.438. The third kappa shape index (κ3) is 5.03. The fourth-order valence-corrected chi connectivity index (χ4v) is 33.1. The molecular weight excluding hydrogens is 708 g/mol. The zero-order valence-corrected chi connectivity index (χ0v) is 32.0. The first kappa shape index (κ1) is 30.9. The number of hydrogen-bond acceptors (Lipinski definition) is 0. The van der Waals surface area contributed by atoms with Crippen LogP contribution in [0.3, 0.4) is 0 Å². The molecule has 0 spiro atoms. The molecule has 2 aliphatic carbocycles. The van der Waals surface area contributed by atoms with E-state index in [4.69, 9.17) is 0 Å². The van der Waals surface area contributed by atoms with Gasteiger partial charge in [-0.15, -0.1) is 0 Å². The molecule has 2 aliphatic rings. The van der Waals surface area contributed by atoms with Gasteiger partial charge in [0.15, 0.2) is 0 Å². The topological polar surface area (TPSA) is 0 Å². The molecule has 1 unspecified atom stereocenters. The monoisotopic (exact) mass is 742 g/mol. The van der Waals surface area contributed by atoms with Crippen molar-refractivity contribution in [1.82, 2.24) is 0 Å². The summed E-state index contributed by atoms with van der Waals surface area (Å²) in [6, 6.07) is 69.5. The first-order valence-electron chi connectivity index (χ1n) is 18.0. The van der Waals surface area contributed by atoms with Gasteiger partial charge in [-0.1, -0.05) is 0 Å². The molecule has 0 heterocycles. The van der Waals surface area contributed by atoms with Crippen LogP contribution in [0.4, 0.5) is 0 Å². The molecule has 8 aromatic rings. The molecule has 0 aliphatic heterocycles. The fourth-order valence-electron chi connectivity index (χ4n) is 9.13. The Balaban J connectivity index is 1.29. The molecular formula is C49H36SiZr. The quantitative estimate of drug-likeness (QED) is 0.122. The van der Waals surface area contributed by atoms with E-state index in [1.165, 1.54) is 54.9 Å². The van der Waals surface area contributed by atoms with Crippen LogP contribution in [0.15, 0.2) is 188 Å². The number of fused-ring (bicyclic) bond motifs is 7. The maximum atomic E-state index is 2.73. The van der Waals surface area contributed by atoms with Crippen molar-refractivity contribution in [2.24, 2.45) is 0 Å². The predicted octanol–water partition coefficient (Wildman–Crippen LogP) is 11.3. The van der Waals surface area contributed by atoms with Gasteiger partial charge in [-0.05, 0) is 0 Å². The van der Waals surface area contributed by atoms with Crippen LogP contribution < -0.4 is 10.4 Å². The summed E-state index contributed by atoms with van der Waals surface area (Å²) in [5.74, 6) is 0. The molecule has 0 saturated carbocycles. The van der Waals surface area contributed by atoms with Crippen LogP contribution in [-0.2, 0) is 20.4 Å². The molecule has 0 bridgehead atoms. The Kier molecular flexibility index (Phi) is 7.70. The van der Waals surface area contributed by atoms with E-state index in [1.54, 1.807) is 27.1 Å². The van der Waals surface area contributed by atoms with E-state index in [1.807, 2.05) is 0 Å². The Morgan fingerprint density at radius 3 is 1.61 bits per heavy atom. The molecule has 10 rings (SSSR count). The molecule has 0 N–H and O–H groups in total. The normalized spacial score (nSPS) is 14.6. The van der Waals surface area contributed by atoms with Crippen molar-refractivity contribution >= 4 is 42.9 Å². The van der Waals surface area contributed by atoms with E-state index in [-0.39, 0.29) is 0 Å². The van der Waals surface area contributed by atoms with Gasteiger partial charge in [0.05, 0.1) is 0 Å². The summed E-state index contributed by atoms with van der Waals surface area (Å²) in [6.07, 6.45) is 2.73. The van der Waals surface area contributed by atoms with E-state index in [9.17, 15) is 0 Å². The zero-order chi connectivity index (χ0) is 33.9. The molecule has 0 fully saturated rings. The molecule has 0 saturated heterocycles. The fraction of sp³-hybridized carbons (Fsp3) is 0.0612. The Morgan fingerprint density at radius 2 is 0.941 bits per heavy atom. The molecule has 0 radical (unpaired) electrons. The summed E-state index contributed by atoms with van der Waals surface area (Å²) >= 11 is -2.73. The molecule has 1 atom stereocenters. The van der Waals surface area contributed by atoms with Crippen molar-refractivity contribution in [3.8, 4) is 22.3 Å². The standard InChI is InChI=1S/C24H17.C13H9.C12H10Si.Zr/c1-16-13-14-17-8-6-12-22(24(16)17)23-15-18-7-2-3-9-19(18)20-10-4-5-11-21(20)23;1-3-7-12-10(5-1)9-11-6-2-4-8-13(11)12;1-3-7-11(8-4-1)13-12-9-5-2-6-10-12;/h2-15H,1H3;1-9H;1-10H;. The SMILES string of the molecule is CC1=C[CH]([Zr]([CH]2c3ccccc3-c3ccccc32)=[Si](c2ccccc2)c2ccccc2)c2cccc(-c3cc4ccccc4c4ccccc34)c21. The Bertz CT molecular complexity index is 2620. The van der Waals surface area contributed by atoms with Crippen molar-refractivity contribution < 1.29 is 20.4 Å². The van der Waals surface area contributed by atoms with Crippen LogP contribution in [0.25, 0.3) is 49.4 Å². The molecule has 8 aromatic carbocycles. The van der Waals surface area contributed by atoms with Gasteiger partial charge in [-0.3, -0.25) is 0 Å². The molecule has 2 heteroatoms. The van der Waals surface area contributed by atoms with Crippen LogP contribution in [0, 0.1) is 0 Å². The third-order valence-electron chi connectivity index (χ3n) is 11.2. The van der Waals surface area contributed by atoms with Crippen LogP contribution in [0.2, 0.25) is 0 Å². The molecule has 0 amide bonds. The summed E-state index contributed by atoms with van der Waals surface area (Å²) in [7, 11) is 0.